The molecule has 2 heterocycles. The molecule has 3 N–H and O–H groups in total. The smallest absolute Gasteiger partial charge is 0.157 e. The van der Waals surface area contributed by atoms with E-state index < -0.39 is 0 Å². The number of aromatic nitrogens is 1. The van der Waals surface area contributed by atoms with Crippen LogP contribution in [0, 0.1) is 0 Å². The lowest BCUT2D eigenvalue weighted by atomic mass is 9.86. The fraction of sp³-hybridized carbons (Fsp3) is 0.538. The lowest BCUT2D eigenvalue weighted by Crippen LogP contribution is -2.47. The van der Waals surface area contributed by atoms with E-state index in [2.05, 4.69) is 17.2 Å². The van der Waals surface area contributed by atoms with Crippen LogP contribution in [0.3, 0.4) is 0 Å². The van der Waals surface area contributed by atoms with Crippen molar-refractivity contribution in [1.82, 2.24) is 10.3 Å². The standard InChI is InChI=1S/C13H19N3O/c1-2-13(6-4-8-16-13)11(17)9-10-5-3-7-15-12(10)14/h3,5,7,16H,2,4,6,8-9H2,1H3,(H2,14,15). The number of nitrogens with zero attached hydrogens (tertiary/aromatic N) is 1. The van der Waals surface area contributed by atoms with Crippen molar-refractivity contribution < 1.29 is 4.79 Å². The number of carbonyl (C=O) groups is 1. The fourth-order valence-corrected chi connectivity index (χ4v) is 2.49. The van der Waals surface area contributed by atoms with Crippen molar-refractivity contribution >= 4 is 11.6 Å². The third-order valence-corrected chi connectivity index (χ3v) is 3.66. The van der Waals surface area contributed by atoms with Crippen LogP contribution < -0.4 is 11.1 Å². The Kier molecular flexibility index (Phi) is 3.43. The minimum absolute atomic E-state index is 0.234. The highest BCUT2D eigenvalue weighted by molar-refractivity contribution is 5.91. The van der Waals surface area contributed by atoms with E-state index in [-0.39, 0.29) is 11.3 Å². The molecule has 1 atom stereocenters. The number of pyridine rings is 1. The molecule has 1 aliphatic rings. The molecule has 4 heteroatoms. The summed E-state index contributed by atoms with van der Waals surface area (Å²) in [6.07, 6.45) is 4.86. The average Bonchev–Trinajstić information content (AvgIpc) is 2.82. The van der Waals surface area contributed by atoms with Crippen molar-refractivity contribution in [1.29, 1.82) is 0 Å². The van der Waals surface area contributed by atoms with E-state index in [1.807, 2.05) is 12.1 Å². The van der Waals surface area contributed by atoms with E-state index in [1.54, 1.807) is 6.20 Å². The molecule has 0 amide bonds. The normalized spacial score (nSPS) is 23.8. The van der Waals surface area contributed by atoms with E-state index >= 15 is 0 Å². The number of rotatable bonds is 4. The maximum Gasteiger partial charge on any atom is 0.157 e. The van der Waals surface area contributed by atoms with Crippen LogP contribution >= 0.6 is 0 Å². The zero-order chi connectivity index (χ0) is 12.3. The molecule has 92 valence electrons. The van der Waals surface area contributed by atoms with E-state index in [0.717, 1.165) is 31.4 Å². The second-order valence-corrected chi connectivity index (χ2v) is 4.61. The summed E-state index contributed by atoms with van der Waals surface area (Å²) in [6, 6.07) is 3.69. The number of ketones is 1. The first-order chi connectivity index (χ1) is 8.18. The highest BCUT2D eigenvalue weighted by Gasteiger charge is 2.38. The SMILES string of the molecule is CCC1(C(=O)Cc2cccnc2N)CCCN1. The molecule has 4 nitrogen and oxygen atoms in total. The summed E-state index contributed by atoms with van der Waals surface area (Å²) in [7, 11) is 0. The lowest BCUT2D eigenvalue weighted by molar-refractivity contribution is -0.124. The number of hydrogen-bond acceptors (Lipinski definition) is 4. The van der Waals surface area contributed by atoms with Gasteiger partial charge in [-0.1, -0.05) is 13.0 Å². The number of carbonyl (C=O) groups excluding carboxylic acids is 1. The van der Waals surface area contributed by atoms with Crippen LogP contribution in [-0.2, 0) is 11.2 Å². The molecule has 0 saturated carbocycles. The quantitative estimate of drug-likeness (QED) is 0.822. The van der Waals surface area contributed by atoms with Crippen molar-refractivity contribution in [2.45, 2.75) is 38.1 Å². The van der Waals surface area contributed by atoms with E-state index in [9.17, 15) is 4.79 Å². The molecule has 1 fully saturated rings. The van der Waals surface area contributed by atoms with Gasteiger partial charge in [-0.15, -0.1) is 0 Å². The van der Waals surface area contributed by atoms with Gasteiger partial charge in [0.1, 0.15) is 5.82 Å². The first-order valence-electron chi connectivity index (χ1n) is 6.15. The summed E-state index contributed by atoms with van der Waals surface area (Å²) < 4.78 is 0. The summed E-state index contributed by atoms with van der Waals surface area (Å²) >= 11 is 0. The van der Waals surface area contributed by atoms with Crippen molar-refractivity contribution in [2.24, 2.45) is 0 Å². The molecule has 0 aromatic carbocycles. The van der Waals surface area contributed by atoms with Crippen molar-refractivity contribution in [3.63, 3.8) is 0 Å². The molecule has 1 unspecified atom stereocenters. The second-order valence-electron chi connectivity index (χ2n) is 4.61. The van der Waals surface area contributed by atoms with Crippen molar-refractivity contribution in [3.8, 4) is 0 Å². The van der Waals surface area contributed by atoms with Gasteiger partial charge < -0.3 is 11.1 Å². The number of nitrogens with two attached hydrogens (primary N) is 1. The fourth-order valence-electron chi connectivity index (χ4n) is 2.49. The first-order valence-corrected chi connectivity index (χ1v) is 6.15. The van der Waals surface area contributed by atoms with Crippen LogP contribution in [-0.4, -0.2) is 22.9 Å². The van der Waals surface area contributed by atoms with Gasteiger partial charge in [0.15, 0.2) is 5.78 Å². The predicted octanol–water partition coefficient (Wildman–Crippen LogP) is 1.31. The molecule has 17 heavy (non-hydrogen) atoms. The Morgan fingerprint density at radius 2 is 2.47 bits per heavy atom. The van der Waals surface area contributed by atoms with Gasteiger partial charge in [0.05, 0.1) is 5.54 Å². The largest absolute Gasteiger partial charge is 0.383 e. The van der Waals surface area contributed by atoms with Crippen LogP contribution in [0.2, 0.25) is 0 Å². The van der Waals surface area contributed by atoms with Crippen LogP contribution in [0.4, 0.5) is 5.82 Å². The van der Waals surface area contributed by atoms with Crippen LogP contribution in [0.15, 0.2) is 18.3 Å². The molecule has 1 aromatic heterocycles. The Labute approximate surface area is 102 Å². The number of hydrogen-bond donors (Lipinski definition) is 2. The molecular formula is C13H19N3O. The number of nitrogens with one attached hydrogen (secondary N) is 1. The third kappa shape index (κ3) is 2.31. The first kappa shape index (κ1) is 12.0. The second kappa shape index (κ2) is 4.84. The highest BCUT2D eigenvalue weighted by Crippen LogP contribution is 2.26. The van der Waals surface area contributed by atoms with Gasteiger partial charge in [0.2, 0.25) is 0 Å². The summed E-state index contributed by atoms with van der Waals surface area (Å²) in [5.74, 6) is 0.697. The molecule has 1 aliphatic heterocycles. The Balaban J connectivity index is 2.14. The molecule has 0 aliphatic carbocycles. The number of anilines is 1. The summed E-state index contributed by atoms with van der Waals surface area (Å²) in [6.45, 7) is 2.99. The van der Waals surface area contributed by atoms with Crippen molar-refractivity contribution in [3.05, 3.63) is 23.9 Å². The Hall–Kier alpha value is -1.42. The minimum Gasteiger partial charge on any atom is -0.383 e. The average molecular weight is 233 g/mol. The predicted molar refractivity (Wildman–Crippen MR) is 67.6 cm³/mol. The van der Waals surface area contributed by atoms with Crippen LogP contribution in [0.1, 0.15) is 31.7 Å². The molecule has 2 rings (SSSR count). The van der Waals surface area contributed by atoms with Crippen LogP contribution in [0.5, 0.6) is 0 Å². The molecule has 1 saturated heterocycles. The maximum absolute atomic E-state index is 12.4. The van der Waals surface area contributed by atoms with E-state index in [4.69, 9.17) is 5.73 Å². The molecular weight excluding hydrogens is 214 g/mol. The Morgan fingerprint density at radius 1 is 1.65 bits per heavy atom. The van der Waals surface area contributed by atoms with Gasteiger partial charge in [0, 0.05) is 18.2 Å². The van der Waals surface area contributed by atoms with Crippen LogP contribution in [0.25, 0.3) is 0 Å². The molecule has 0 spiro atoms. The van der Waals surface area contributed by atoms with Gasteiger partial charge in [-0.05, 0) is 31.9 Å². The zero-order valence-electron chi connectivity index (χ0n) is 10.2. The van der Waals surface area contributed by atoms with Gasteiger partial charge in [-0.3, -0.25) is 4.79 Å². The maximum atomic E-state index is 12.4. The Morgan fingerprint density at radius 3 is 3.06 bits per heavy atom. The third-order valence-electron chi connectivity index (χ3n) is 3.66. The summed E-state index contributed by atoms with van der Waals surface area (Å²) in [5.41, 5.74) is 6.27. The summed E-state index contributed by atoms with van der Waals surface area (Å²) in [4.78, 5) is 16.4. The molecule has 0 radical (unpaired) electrons. The van der Waals surface area contributed by atoms with Gasteiger partial charge in [-0.2, -0.15) is 0 Å². The molecule has 1 aromatic rings. The summed E-state index contributed by atoms with van der Waals surface area (Å²) in [5, 5.41) is 3.35. The Bertz CT molecular complexity index is 411. The van der Waals surface area contributed by atoms with E-state index in [0.29, 0.717) is 12.2 Å². The van der Waals surface area contributed by atoms with Gasteiger partial charge >= 0.3 is 0 Å². The number of Topliss-reactive ketones (excluding diaryl/α,β-unsaturated/α-hetero) is 1. The molecule has 0 bridgehead atoms. The van der Waals surface area contributed by atoms with Crippen molar-refractivity contribution in [2.75, 3.05) is 12.3 Å². The number of nitrogen functional groups attached to an aromatic ring is 1. The monoisotopic (exact) mass is 233 g/mol. The highest BCUT2D eigenvalue weighted by atomic mass is 16.1. The van der Waals surface area contributed by atoms with Gasteiger partial charge in [-0.25, -0.2) is 4.98 Å². The minimum atomic E-state index is -0.331. The van der Waals surface area contributed by atoms with Gasteiger partial charge in [0.25, 0.3) is 0 Å². The van der Waals surface area contributed by atoms with E-state index in [1.165, 1.54) is 0 Å². The lowest BCUT2D eigenvalue weighted by Gasteiger charge is -2.26. The zero-order valence-corrected chi connectivity index (χ0v) is 10.2. The topological polar surface area (TPSA) is 68.0 Å².